The molecular weight excluding hydrogens is 362 g/mol. The van der Waals surface area contributed by atoms with E-state index in [-0.39, 0.29) is 17.9 Å². The van der Waals surface area contributed by atoms with Gasteiger partial charge in [0.15, 0.2) is 0 Å². The number of halogens is 1. The van der Waals surface area contributed by atoms with Crippen LogP contribution in [0.3, 0.4) is 0 Å². The van der Waals surface area contributed by atoms with Crippen molar-refractivity contribution < 1.29 is 9.59 Å². The Labute approximate surface area is 166 Å². The van der Waals surface area contributed by atoms with E-state index in [2.05, 4.69) is 27.2 Å². The Kier molecular flexibility index (Phi) is 5.42. The van der Waals surface area contributed by atoms with Gasteiger partial charge in [-0.25, -0.2) is 0 Å². The number of hydrogen-bond acceptors (Lipinski definition) is 3. The van der Waals surface area contributed by atoms with E-state index in [1.165, 1.54) is 5.56 Å². The lowest BCUT2D eigenvalue weighted by Gasteiger charge is -2.56. The molecule has 0 spiro atoms. The monoisotopic (exact) mass is 389 g/mol. The Hall–Kier alpha value is -1.59. The summed E-state index contributed by atoms with van der Waals surface area (Å²) in [6.07, 6.45) is 3.90. The second kappa shape index (κ2) is 7.80. The molecule has 0 saturated carbocycles. The summed E-state index contributed by atoms with van der Waals surface area (Å²) in [5.74, 6) is 1.21. The van der Waals surface area contributed by atoms with E-state index in [1.54, 1.807) is 6.92 Å². The van der Waals surface area contributed by atoms with E-state index in [0.29, 0.717) is 30.8 Å². The summed E-state index contributed by atoms with van der Waals surface area (Å²) < 4.78 is 0. The number of piperidine rings is 3. The van der Waals surface area contributed by atoms with Gasteiger partial charge in [-0.2, -0.15) is 0 Å². The van der Waals surface area contributed by atoms with E-state index < -0.39 is 0 Å². The smallest absolute Gasteiger partial charge is 0.223 e. The number of hydrogen-bond donors (Lipinski definition) is 1. The van der Waals surface area contributed by atoms with Gasteiger partial charge < -0.3 is 10.2 Å². The van der Waals surface area contributed by atoms with E-state index in [0.717, 1.165) is 43.9 Å². The Bertz CT molecular complexity index is 708. The molecule has 0 radical (unpaired) electrons. The van der Waals surface area contributed by atoms with Crippen molar-refractivity contribution in [2.75, 3.05) is 19.6 Å². The summed E-state index contributed by atoms with van der Waals surface area (Å²) in [4.78, 5) is 28.9. The van der Waals surface area contributed by atoms with Crippen molar-refractivity contribution in [2.24, 2.45) is 11.8 Å². The number of carbonyl (C=O) groups is 2. The Morgan fingerprint density at radius 2 is 1.96 bits per heavy atom. The number of amides is 2. The first kappa shape index (κ1) is 18.8. The first-order valence-corrected chi connectivity index (χ1v) is 10.4. The van der Waals surface area contributed by atoms with Gasteiger partial charge in [-0.05, 0) is 48.8 Å². The van der Waals surface area contributed by atoms with E-state index in [1.807, 2.05) is 12.1 Å². The summed E-state index contributed by atoms with van der Waals surface area (Å²) in [6.45, 7) is 5.05. The van der Waals surface area contributed by atoms with Crippen molar-refractivity contribution in [1.82, 2.24) is 15.1 Å². The number of nitrogens with one attached hydrogen (secondary N) is 1. The van der Waals surface area contributed by atoms with Crippen LogP contribution in [0.1, 0.15) is 38.2 Å². The second-order valence-electron chi connectivity index (χ2n) is 8.34. The second-order valence-corrected chi connectivity index (χ2v) is 8.78. The van der Waals surface area contributed by atoms with Crippen molar-refractivity contribution in [2.45, 2.75) is 51.2 Å². The molecule has 2 amide bonds. The van der Waals surface area contributed by atoms with Crippen LogP contribution in [0.2, 0.25) is 5.02 Å². The van der Waals surface area contributed by atoms with Gasteiger partial charge in [-0.3, -0.25) is 14.5 Å². The topological polar surface area (TPSA) is 52.7 Å². The molecule has 146 valence electrons. The van der Waals surface area contributed by atoms with Crippen LogP contribution in [-0.4, -0.2) is 53.3 Å². The van der Waals surface area contributed by atoms with Gasteiger partial charge in [0.2, 0.25) is 11.8 Å². The van der Waals surface area contributed by atoms with E-state index >= 15 is 0 Å². The highest BCUT2D eigenvalue weighted by atomic mass is 35.5. The number of likely N-dealkylation sites (tertiary alicyclic amines) is 1. The molecule has 6 heteroatoms. The molecule has 0 unspecified atom stereocenters. The lowest BCUT2D eigenvalue weighted by Crippen LogP contribution is -2.66. The number of nitrogens with zero attached hydrogens (tertiary/aromatic N) is 2. The average molecular weight is 390 g/mol. The van der Waals surface area contributed by atoms with Crippen LogP contribution in [0, 0.1) is 11.8 Å². The number of fused-ring (bicyclic) bond motifs is 4. The minimum atomic E-state index is -0.0213. The average Bonchev–Trinajstić information content (AvgIpc) is 2.64. The molecule has 4 rings (SSSR count). The molecule has 3 aliphatic heterocycles. The third-order valence-corrected chi connectivity index (χ3v) is 6.70. The maximum atomic E-state index is 12.7. The standard InChI is InChI=1S/C21H28ClN3O2/c1-14(26)23-10-20-17-9-16(19-3-2-4-21(27)25(19)20)12-24(13-17)11-15-5-7-18(22)8-6-15/h5-8,16-17,19-20H,2-4,9-13H2,1H3,(H,23,26)/t16-,17+,19+,20+/m1/s1. The maximum Gasteiger partial charge on any atom is 0.223 e. The Balaban J connectivity index is 1.53. The predicted molar refractivity (Wildman–Crippen MR) is 105 cm³/mol. The fourth-order valence-electron chi connectivity index (χ4n) is 5.36. The quantitative estimate of drug-likeness (QED) is 0.861. The van der Waals surface area contributed by atoms with Gasteiger partial charge in [0, 0.05) is 50.6 Å². The summed E-state index contributed by atoms with van der Waals surface area (Å²) in [5.41, 5.74) is 1.27. The van der Waals surface area contributed by atoms with Crippen LogP contribution < -0.4 is 5.32 Å². The van der Waals surface area contributed by atoms with Crippen molar-refractivity contribution in [1.29, 1.82) is 0 Å². The summed E-state index contributed by atoms with van der Waals surface area (Å²) in [5, 5.41) is 3.74. The molecule has 5 nitrogen and oxygen atoms in total. The SMILES string of the molecule is CC(=O)NC[C@H]1[C@H]2C[C@H](CN(Cc3ccc(Cl)cc3)C2)[C@@H]2CCCC(=O)N21. The largest absolute Gasteiger partial charge is 0.354 e. The molecule has 3 fully saturated rings. The summed E-state index contributed by atoms with van der Waals surface area (Å²) in [6, 6.07) is 8.53. The lowest BCUT2D eigenvalue weighted by atomic mass is 9.72. The lowest BCUT2D eigenvalue weighted by molar-refractivity contribution is -0.153. The van der Waals surface area contributed by atoms with Gasteiger partial charge in [0.25, 0.3) is 0 Å². The molecule has 1 aromatic carbocycles. The fourth-order valence-corrected chi connectivity index (χ4v) is 5.49. The van der Waals surface area contributed by atoms with E-state index in [9.17, 15) is 9.59 Å². The highest BCUT2D eigenvalue weighted by Gasteiger charge is 2.49. The zero-order valence-electron chi connectivity index (χ0n) is 15.9. The predicted octanol–water partition coefficient (Wildman–Crippen LogP) is 2.68. The van der Waals surface area contributed by atoms with Crippen molar-refractivity contribution in [3.63, 3.8) is 0 Å². The minimum absolute atomic E-state index is 0.0213. The van der Waals surface area contributed by atoms with Crippen molar-refractivity contribution in [3.05, 3.63) is 34.9 Å². The number of carbonyl (C=O) groups excluding carboxylic acids is 2. The molecule has 27 heavy (non-hydrogen) atoms. The summed E-state index contributed by atoms with van der Waals surface area (Å²) >= 11 is 6.02. The van der Waals surface area contributed by atoms with Crippen LogP contribution in [-0.2, 0) is 16.1 Å². The van der Waals surface area contributed by atoms with Crippen LogP contribution in [0.25, 0.3) is 0 Å². The third kappa shape index (κ3) is 3.99. The van der Waals surface area contributed by atoms with Crippen LogP contribution >= 0.6 is 11.6 Å². The molecule has 3 heterocycles. The molecule has 1 N–H and O–H groups in total. The normalized spacial score (nSPS) is 30.7. The molecular formula is C21H28ClN3O2. The summed E-state index contributed by atoms with van der Waals surface area (Å²) in [7, 11) is 0. The first-order valence-electron chi connectivity index (χ1n) is 10.0. The zero-order chi connectivity index (χ0) is 19.0. The fraction of sp³-hybridized carbons (Fsp3) is 0.619. The van der Waals surface area contributed by atoms with E-state index in [4.69, 9.17) is 11.6 Å². The molecule has 4 atom stereocenters. The van der Waals surface area contributed by atoms with Gasteiger partial charge in [-0.1, -0.05) is 23.7 Å². The van der Waals surface area contributed by atoms with Gasteiger partial charge in [0.1, 0.15) is 0 Å². The van der Waals surface area contributed by atoms with Gasteiger partial charge in [0.05, 0.1) is 6.04 Å². The highest BCUT2D eigenvalue weighted by molar-refractivity contribution is 6.30. The van der Waals surface area contributed by atoms with Crippen molar-refractivity contribution in [3.8, 4) is 0 Å². The molecule has 0 aliphatic carbocycles. The van der Waals surface area contributed by atoms with Crippen LogP contribution in [0.15, 0.2) is 24.3 Å². The maximum absolute atomic E-state index is 12.7. The van der Waals surface area contributed by atoms with Crippen molar-refractivity contribution >= 4 is 23.4 Å². The van der Waals surface area contributed by atoms with Crippen LogP contribution in [0.4, 0.5) is 0 Å². The Morgan fingerprint density at radius 1 is 1.22 bits per heavy atom. The number of benzene rings is 1. The highest BCUT2D eigenvalue weighted by Crippen LogP contribution is 2.41. The molecule has 3 aliphatic rings. The molecule has 0 aromatic heterocycles. The molecule has 2 bridgehead atoms. The molecule has 1 aromatic rings. The van der Waals surface area contributed by atoms with Gasteiger partial charge >= 0.3 is 0 Å². The Morgan fingerprint density at radius 3 is 2.70 bits per heavy atom. The molecule has 3 saturated heterocycles. The van der Waals surface area contributed by atoms with Gasteiger partial charge in [-0.15, -0.1) is 0 Å². The zero-order valence-corrected chi connectivity index (χ0v) is 16.6. The van der Waals surface area contributed by atoms with Crippen LogP contribution in [0.5, 0.6) is 0 Å². The third-order valence-electron chi connectivity index (χ3n) is 6.45. The minimum Gasteiger partial charge on any atom is -0.354 e. The number of rotatable bonds is 4. The first-order chi connectivity index (χ1) is 13.0.